The molecule has 1 aliphatic rings. The van der Waals surface area contributed by atoms with Gasteiger partial charge in [-0.1, -0.05) is 0 Å². The fourth-order valence-electron chi connectivity index (χ4n) is 1.34. The Kier molecular flexibility index (Phi) is 1.94. The van der Waals surface area contributed by atoms with Gasteiger partial charge < -0.3 is 10.2 Å². The van der Waals surface area contributed by atoms with E-state index < -0.39 is 0 Å². The minimum absolute atomic E-state index is 0.242. The highest BCUT2D eigenvalue weighted by Gasteiger charge is 2.32. The van der Waals surface area contributed by atoms with Crippen LogP contribution in [0.15, 0.2) is 0 Å². The Hall–Kier alpha value is -0.570. The van der Waals surface area contributed by atoms with Gasteiger partial charge in [0.2, 0.25) is 5.91 Å². The lowest BCUT2D eigenvalue weighted by Gasteiger charge is -2.19. The second-order valence-electron chi connectivity index (χ2n) is 2.84. The lowest BCUT2D eigenvalue weighted by Crippen LogP contribution is -2.37. The maximum absolute atomic E-state index is 11.0. The quantitative estimate of drug-likeness (QED) is 0.551. The van der Waals surface area contributed by atoms with E-state index in [0.29, 0.717) is 18.5 Å². The smallest absolute Gasteiger partial charge is 0.224 e. The molecule has 1 N–H and O–H groups in total. The average molecular weight is 142 g/mol. The first-order chi connectivity index (χ1) is 4.66. The fourth-order valence-corrected chi connectivity index (χ4v) is 1.34. The van der Waals surface area contributed by atoms with Crippen molar-refractivity contribution in [1.82, 2.24) is 10.2 Å². The average Bonchev–Trinajstić information content (AvgIpc) is 2.17. The molecule has 1 saturated heterocycles. The highest BCUT2D eigenvalue weighted by molar-refractivity contribution is 5.79. The molecule has 1 amide bonds. The molecule has 1 heterocycles. The van der Waals surface area contributed by atoms with E-state index >= 15 is 0 Å². The molecule has 0 aromatic carbocycles. The van der Waals surface area contributed by atoms with Crippen molar-refractivity contribution in [3.05, 3.63) is 0 Å². The number of nitrogens with one attached hydrogen (secondary N) is 1. The van der Waals surface area contributed by atoms with Crippen molar-refractivity contribution in [2.45, 2.75) is 25.4 Å². The summed E-state index contributed by atoms with van der Waals surface area (Å²) in [5.41, 5.74) is 0. The number of amides is 1. The normalized spacial score (nSPS) is 33.5. The van der Waals surface area contributed by atoms with Crippen LogP contribution in [0.25, 0.3) is 0 Å². The largest absolute Gasteiger partial charge is 0.341 e. The summed E-state index contributed by atoms with van der Waals surface area (Å²) in [6, 6.07) is 0.690. The third kappa shape index (κ3) is 1.01. The van der Waals surface area contributed by atoms with Gasteiger partial charge in [-0.05, 0) is 14.0 Å². The van der Waals surface area contributed by atoms with Crippen molar-refractivity contribution in [2.24, 2.45) is 0 Å². The van der Waals surface area contributed by atoms with Gasteiger partial charge in [0.1, 0.15) is 0 Å². The van der Waals surface area contributed by atoms with Gasteiger partial charge in [-0.15, -0.1) is 0 Å². The Bertz CT molecular complexity index is 147. The molecule has 3 nitrogen and oxygen atoms in total. The molecule has 0 spiro atoms. The van der Waals surface area contributed by atoms with Gasteiger partial charge >= 0.3 is 0 Å². The SMILES string of the molecule is CNC1CC(=O)N(C)C1C. The van der Waals surface area contributed by atoms with Crippen molar-refractivity contribution in [3.8, 4) is 0 Å². The fraction of sp³-hybridized carbons (Fsp3) is 0.857. The van der Waals surface area contributed by atoms with Crippen LogP contribution >= 0.6 is 0 Å². The predicted molar refractivity (Wildman–Crippen MR) is 39.7 cm³/mol. The molecule has 1 aliphatic heterocycles. The second-order valence-corrected chi connectivity index (χ2v) is 2.84. The van der Waals surface area contributed by atoms with Crippen LogP contribution < -0.4 is 5.32 Å². The van der Waals surface area contributed by atoms with E-state index in [1.54, 1.807) is 4.90 Å². The van der Waals surface area contributed by atoms with Crippen LogP contribution in [0, 0.1) is 0 Å². The Balaban J connectivity index is 2.61. The lowest BCUT2D eigenvalue weighted by atomic mass is 10.1. The molecular formula is C7H14N2O. The molecule has 2 atom stereocenters. The Morgan fingerprint density at radius 3 is 2.50 bits per heavy atom. The molecular weight excluding hydrogens is 128 g/mol. The van der Waals surface area contributed by atoms with Crippen molar-refractivity contribution >= 4 is 5.91 Å². The number of rotatable bonds is 1. The van der Waals surface area contributed by atoms with Gasteiger partial charge in [0, 0.05) is 25.6 Å². The molecule has 3 heteroatoms. The van der Waals surface area contributed by atoms with Gasteiger partial charge in [-0.25, -0.2) is 0 Å². The van der Waals surface area contributed by atoms with Crippen LogP contribution in [0.5, 0.6) is 0 Å². The molecule has 0 aliphatic carbocycles. The standard InChI is InChI=1S/C7H14N2O/c1-5-6(8-2)4-7(10)9(5)3/h5-6,8H,4H2,1-3H3. The minimum atomic E-state index is 0.242. The van der Waals surface area contributed by atoms with Crippen molar-refractivity contribution < 1.29 is 4.79 Å². The van der Waals surface area contributed by atoms with E-state index in [2.05, 4.69) is 12.2 Å². The third-order valence-electron chi connectivity index (χ3n) is 2.35. The zero-order chi connectivity index (χ0) is 7.72. The molecule has 10 heavy (non-hydrogen) atoms. The van der Waals surface area contributed by atoms with Crippen LogP contribution in [-0.2, 0) is 4.79 Å². The molecule has 0 saturated carbocycles. The van der Waals surface area contributed by atoms with Gasteiger partial charge in [0.15, 0.2) is 0 Å². The van der Waals surface area contributed by atoms with Gasteiger partial charge in [-0.3, -0.25) is 4.79 Å². The van der Waals surface area contributed by atoms with E-state index in [1.807, 2.05) is 14.1 Å². The minimum Gasteiger partial charge on any atom is -0.341 e. The Morgan fingerprint density at radius 2 is 2.30 bits per heavy atom. The molecule has 1 fully saturated rings. The molecule has 0 bridgehead atoms. The number of hydrogen-bond acceptors (Lipinski definition) is 2. The topological polar surface area (TPSA) is 32.3 Å². The summed E-state index contributed by atoms with van der Waals surface area (Å²) in [5.74, 6) is 0.242. The zero-order valence-corrected chi connectivity index (χ0v) is 6.72. The molecule has 58 valence electrons. The Labute approximate surface area is 61.4 Å². The second kappa shape index (κ2) is 2.58. The third-order valence-corrected chi connectivity index (χ3v) is 2.35. The molecule has 0 aromatic rings. The maximum atomic E-state index is 11.0. The number of nitrogens with zero attached hydrogens (tertiary/aromatic N) is 1. The van der Waals surface area contributed by atoms with Crippen LogP contribution in [0.1, 0.15) is 13.3 Å². The summed E-state index contributed by atoms with van der Waals surface area (Å²) in [6.45, 7) is 2.06. The first-order valence-electron chi connectivity index (χ1n) is 3.59. The number of hydrogen-bond donors (Lipinski definition) is 1. The molecule has 0 radical (unpaired) electrons. The number of likely N-dealkylation sites (N-methyl/N-ethyl adjacent to an activating group) is 2. The van der Waals surface area contributed by atoms with E-state index in [1.165, 1.54) is 0 Å². The summed E-state index contributed by atoms with van der Waals surface area (Å²) >= 11 is 0. The highest BCUT2D eigenvalue weighted by atomic mass is 16.2. The number of carbonyl (C=O) groups is 1. The lowest BCUT2D eigenvalue weighted by molar-refractivity contribution is -0.127. The summed E-state index contributed by atoms with van der Waals surface area (Å²) < 4.78 is 0. The molecule has 1 rings (SSSR count). The first kappa shape index (κ1) is 7.54. The van der Waals surface area contributed by atoms with Crippen LogP contribution in [-0.4, -0.2) is 37.0 Å². The molecule has 0 aromatic heterocycles. The maximum Gasteiger partial charge on any atom is 0.224 e. The van der Waals surface area contributed by atoms with Crippen LogP contribution in [0.2, 0.25) is 0 Å². The number of likely N-dealkylation sites (tertiary alicyclic amines) is 1. The van der Waals surface area contributed by atoms with Crippen LogP contribution in [0.4, 0.5) is 0 Å². The summed E-state index contributed by atoms with van der Waals surface area (Å²) in [4.78, 5) is 12.8. The van der Waals surface area contributed by atoms with Crippen molar-refractivity contribution in [3.63, 3.8) is 0 Å². The first-order valence-corrected chi connectivity index (χ1v) is 3.59. The van der Waals surface area contributed by atoms with Gasteiger partial charge in [0.25, 0.3) is 0 Å². The van der Waals surface area contributed by atoms with Crippen LogP contribution in [0.3, 0.4) is 0 Å². The van der Waals surface area contributed by atoms with Crippen molar-refractivity contribution in [1.29, 1.82) is 0 Å². The van der Waals surface area contributed by atoms with Gasteiger partial charge in [-0.2, -0.15) is 0 Å². The van der Waals surface area contributed by atoms with E-state index in [-0.39, 0.29) is 5.91 Å². The van der Waals surface area contributed by atoms with Gasteiger partial charge in [0.05, 0.1) is 0 Å². The zero-order valence-electron chi connectivity index (χ0n) is 6.72. The van der Waals surface area contributed by atoms with E-state index in [0.717, 1.165) is 0 Å². The summed E-state index contributed by atoms with van der Waals surface area (Å²) in [7, 11) is 3.75. The highest BCUT2D eigenvalue weighted by Crippen LogP contribution is 2.15. The van der Waals surface area contributed by atoms with E-state index in [9.17, 15) is 4.79 Å². The molecule has 2 unspecified atom stereocenters. The van der Waals surface area contributed by atoms with Crippen molar-refractivity contribution in [2.75, 3.05) is 14.1 Å². The summed E-state index contributed by atoms with van der Waals surface area (Å²) in [6.07, 6.45) is 0.647. The predicted octanol–water partition coefficient (Wildman–Crippen LogP) is -0.175. The van der Waals surface area contributed by atoms with E-state index in [4.69, 9.17) is 0 Å². The number of carbonyl (C=O) groups excluding carboxylic acids is 1. The Morgan fingerprint density at radius 1 is 1.70 bits per heavy atom. The summed E-state index contributed by atoms with van der Waals surface area (Å²) in [5, 5.41) is 3.11. The monoisotopic (exact) mass is 142 g/mol.